The summed E-state index contributed by atoms with van der Waals surface area (Å²) < 4.78 is 1.90. The fourth-order valence-electron chi connectivity index (χ4n) is 2.81. The first-order valence-electron chi connectivity index (χ1n) is 7.05. The fourth-order valence-corrected chi connectivity index (χ4v) is 2.81. The Hall–Kier alpha value is -0.870. The second-order valence-electron chi connectivity index (χ2n) is 5.57. The molecule has 2 heterocycles. The monoisotopic (exact) mass is 250 g/mol. The molecule has 0 aliphatic carbocycles. The van der Waals surface area contributed by atoms with Gasteiger partial charge in [0.2, 0.25) is 0 Å². The molecule has 0 bridgehead atoms. The zero-order valence-electron chi connectivity index (χ0n) is 12.1. The van der Waals surface area contributed by atoms with Crippen molar-refractivity contribution >= 4 is 0 Å². The van der Waals surface area contributed by atoms with Gasteiger partial charge in [-0.15, -0.1) is 0 Å². The standard InChI is InChI=1S/C14H26N4/c1-11(18-7-5-6-8-18)9-15-12(2)14-10-17(4)16-13(14)3/h10-12,15H,5-9H2,1-4H3. The third kappa shape index (κ3) is 3.12. The maximum Gasteiger partial charge on any atom is 0.0641 e. The minimum absolute atomic E-state index is 0.378. The van der Waals surface area contributed by atoms with Crippen LogP contribution < -0.4 is 5.32 Å². The Balaban J connectivity index is 1.84. The minimum Gasteiger partial charge on any atom is -0.309 e. The van der Waals surface area contributed by atoms with Crippen LogP contribution in [-0.4, -0.2) is 40.4 Å². The number of hydrogen-bond donors (Lipinski definition) is 1. The van der Waals surface area contributed by atoms with Crippen molar-refractivity contribution in [2.24, 2.45) is 7.05 Å². The van der Waals surface area contributed by atoms with Crippen molar-refractivity contribution in [3.05, 3.63) is 17.5 Å². The van der Waals surface area contributed by atoms with Gasteiger partial charge in [-0.2, -0.15) is 5.10 Å². The highest BCUT2D eigenvalue weighted by Crippen LogP contribution is 2.16. The van der Waals surface area contributed by atoms with Crippen molar-refractivity contribution in [1.82, 2.24) is 20.0 Å². The van der Waals surface area contributed by atoms with Crippen LogP contribution in [0.15, 0.2) is 6.20 Å². The van der Waals surface area contributed by atoms with E-state index in [9.17, 15) is 0 Å². The van der Waals surface area contributed by atoms with Crippen LogP contribution >= 0.6 is 0 Å². The number of aromatic nitrogens is 2. The van der Waals surface area contributed by atoms with Crippen LogP contribution in [0.1, 0.15) is 44.0 Å². The highest BCUT2D eigenvalue weighted by molar-refractivity contribution is 5.19. The van der Waals surface area contributed by atoms with Crippen LogP contribution in [0.25, 0.3) is 0 Å². The first-order valence-corrected chi connectivity index (χ1v) is 7.05. The SMILES string of the molecule is Cc1nn(C)cc1C(C)NCC(C)N1CCCC1. The smallest absolute Gasteiger partial charge is 0.0641 e. The molecule has 0 aromatic carbocycles. The maximum absolute atomic E-state index is 4.40. The third-order valence-electron chi connectivity index (χ3n) is 4.00. The summed E-state index contributed by atoms with van der Waals surface area (Å²) in [7, 11) is 1.98. The lowest BCUT2D eigenvalue weighted by atomic mass is 10.1. The van der Waals surface area contributed by atoms with Crippen molar-refractivity contribution in [3.63, 3.8) is 0 Å². The first-order chi connectivity index (χ1) is 8.58. The van der Waals surface area contributed by atoms with Crippen LogP contribution in [0.4, 0.5) is 0 Å². The molecule has 2 atom stereocenters. The molecule has 4 nitrogen and oxygen atoms in total. The molecule has 2 rings (SSSR count). The van der Waals surface area contributed by atoms with Crippen molar-refractivity contribution < 1.29 is 0 Å². The number of aryl methyl sites for hydroxylation is 2. The summed E-state index contributed by atoms with van der Waals surface area (Å²) in [6.45, 7) is 10.2. The normalized spacial score (nSPS) is 20.2. The van der Waals surface area contributed by atoms with E-state index < -0.39 is 0 Å². The van der Waals surface area contributed by atoms with E-state index in [0.29, 0.717) is 12.1 Å². The van der Waals surface area contributed by atoms with E-state index in [1.807, 2.05) is 11.7 Å². The Bertz CT molecular complexity index is 379. The highest BCUT2D eigenvalue weighted by atomic mass is 15.3. The number of rotatable bonds is 5. The summed E-state index contributed by atoms with van der Waals surface area (Å²) in [5.74, 6) is 0. The Labute approximate surface area is 110 Å². The predicted octanol–water partition coefficient (Wildman–Crippen LogP) is 1.86. The van der Waals surface area contributed by atoms with E-state index in [1.54, 1.807) is 0 Å². The molecule has 18 heavy (non-hydrogen) atoms. The van der Waals surface area contributed by atoms with Gasteiger partial charge in [0.1, 0.15) is 0 Å². The summed E-state index contributed by atoms with van der Waals surface area (Å²) in [4.78, 5) is 2.58. The van der Waals surface area contributed by atoms with Gasteiger partial charge in [0, 0.05) is 37.4 Å². The summed E-state index contributed by atoms with van der Waals surface area (Å²) in [5.41, 5.74) is 2.44. The quantitative estimate of drug-likeness (QED) is 0.866. The van der Waals surface area contributed by atoms with Crippen molar-refractivity contribution in [3.8, 4) is 0 Å². The molecule has 1 aromatic heterocycles. The topological polar surface area (TPSA) is 33.1 Å². The number of nitrogens with one attached hydrogen (secondary N) is 1. The van der Waals surface area contributed by atoms with E-state index in [2.05, 4.69) is 42.3 Å². The molecule has 2 unspecified atom stereocenters. The fraction of sp³-hybridized carbons (Fsp3) is 0.786. The Kier molecular flexibility index (Phi) is 4.40. The van der Waals surface area contributed by atoms with Gasteiger partial charge in [0.25, 0.3) is 0 Å². The number of likely N-dealkylation sites (tertiary alicyclic amines) is 1. The lowest BCUT2D eigenvalue weighted by Gasteiger charge is -2.25. The van der Waals surface area contributed by atoms with Crippen LogP contribution in [0.5, 0.6) is 0 Å². The van der Waals surface area contributed by atoms with Gasteiger partial charge in [0.15, 0.2) is 0 Å². The summed E-state index contributed by atoms with van der Waals surface area (Å²) in [5, 5.41) is 8.04. The first kappa shape index (κ1) is 13.6. The van der Waals surface area contributed by atoms with Crippen LogP contribution in [0.3, 0.4) is 0 Å². The largest absolute Gasteiger partial charge is 0.309 e. The predicted molar refractivity (Wildman–Crippen MR) is 74.6 cm³/mol. The summed E-state index contributed by atoms with van der Waals surface area (Å²) in [6, 6.07) is 1.01. The molecule has 0 radical (unpaired) electrons. The van der Waals surface area contributed by atoms with Crippen LogP contribution in [-0.2, 0) is 7.05 Å². The average molecular weight is 250 g/mol. The van der Waals surface area contributed by atoms with Crippen LogP contribution in [0.2, 0.25) is 0 Å². The van der Waals surface area contributed by atoms with Gasteiger partial charge >= 0.3 is 0 Å². The molecule has 1 aliphatic heterocycles. The Morgan fingerprint density at radius 3 is 2.56 bits per heavy atom. The van der Waals surface area contributed by atoms with E-state index in [4.69, 9.17) is 0 Å². The van der Waals surface area contributed by atoms with Gasteiger partial charge in [-0.25, -0.2) is 0 Å². The highest BCUT2D eigenvalue weighted by Gasteiger charge is 2.19. The van der Waals surface area contributed by atoms with Crippen LogP contribution in [0, 0.1) is 6.92 Å². The molecule has 1 N–H and O–H groups in total. The average Bonchev–Trinajstić information content (AvgIpc) is 2.95. The van der Waals surface area contributed by atoms with E-state index in [-0.39, 0.29) is 0 Å². The summed E-state index contributed by atoms with van der Waals surface area (Å²) in [6.07, 6.45) is 4.84. The van der Waals surface area contributed by atoms with E-state index >= 15 is 0 Å². The van der Waals surface area contributed by atoms with Crippen molar-refractivity contribution in [2.45, 2.75) is 45.7 Å². The number of hydrogen-bond acceptors (Lipinski definition) is 3. The molecule has 0 saturated carbocycles. The number of nitrogens with zero attached hydrogens (tertiary/aromatic N) is 3. The van der Waals surface area contributed by atoms with Gasteiger partial charge in [-0.05, 0) is 46.7 Å². The third-order valence-corrected chi connectivity index (χ3v) is 4.00. The Morgan fingerprint density at radius 1 is 1.33 bits per heavy atom. The molecular formula is C14H26N4. The van der Waals surface area contributed by atoms with Gasteiger partial charge < -0.3 is 5.32 Å². The van der Waals surface area contributed by atoms with Gasteiger partial charge in [-0.3, -0.25) is 9.58 Å². The molecular weight excluding hydrogens is 224 g/mol. The molecule has 0 amide bonds. The molecule has 0 spiro atoms. The molecule has 1 fully saturated rings. The molecule has 1 saturated heterocycles. The molecule has 102 valence electrons. The zero-order chi connectivity index (χ0) is 13.1. The summed E-state index contributed by atoms with van der Waals surface area (Å²) >= 11 is 0. The van der Waals surface area contributed by atoms with Gasteiger partial charge in [-0.1, -0.05) is 0 Å². The molecule has 1 aliphatic rings. The lowest BCUT2D eigenvalue weighted by Crippen LogP contribution is -2.39. The molecule has 4 heteroatoms. The van der Waals surface area contributed by atoms with Crippen molar-refractivity contribution in [2.75, 3.05) is 19.6 Å². The zero-order valence-corrected chi connectivity index (χ0v) is 12.1. The van der Waals surface area contributed by atoms with E-state index in [1.165, 1.54) is 31.5 Å². The van der Waals surface area contributed by atoms with E-state index in [0.717, 1.165) is 12.2 Å². The lowest BCUT2D eigenvalue weighted by molar-refractivity contribution is 0.247. The van der Waals surface area contributed by atoms with Crippen molar-refractivity contribution in [1.29, 1.82) is 0 Å². The molecule has 1 aromatic rings. The second kappa shape index (κ2) is 5.85. The Morgan fingerprint density at radius 2 is 2.00 bits per heavy atom. The second-order valence-corrected chi connectivity index (χ2v) is 5.57. The minimum atomic E-state index is 0.378. The van der Waals surface area contributed by atoms with Gasteiger partial charge in [0.05, 0.1) is 5.69 Å². The maximum atomic E-state index is 4.40.